The predicted octanol–water partition coefficient (Wildman–Crippen LogP) is 3.63. The molecule has 0 amide bonds. The Bertz CT molecular complexity index is 368. The summed E-state index contributed by atoms with van der Waals surface area (Å²) in [7, 11) is 0. The van der Waals surface area contributed by atoms with Gasteiger partial charge in [0.2, 0.25) is 0 Å². The summed E-state index contributed by atoms with van der Waals surface area (Å²) in [6.45, 7) is 6.45. The summed E-state index contributed by atoms with van der Waals surface area (Å²) in [4.78, 5) is 5.84. The van der Waals surface area contributed by atoms with Crippen LogP contribution < -0.4 is 0 Å². The smallest absolute Gasteiger partial charge is 0.0959 e. The normalized spacial score (nSPS) is 30.2. The lowest BCUT2D eigenvalue weighted by Crippen LogP contribution is -2.30. The molecule has 3 heteroatoms. The van der Waals surface area contributed by atoms with E-state index in [0.29, 0.717) is 0 Å². The van der Waals surface area contributed by atoms with Crippen LogP contribution in [0.25, 0.3) is 0 Å². The van der Waals surface area contributed by atoms with Gasteiger partial charge < -0.3 is 5.11 Å². The average Bonchev–Trinajstić information content (AvgIpc) is 2.45. The highest BCUT2D eigenvalue weighted by atomic mass is 32.1. The van der Waals surface area contributed by atoms with E-state index in [1.165, 1.54) is 11.3 Å². The van der Waals surface area contributed by atoms with Crippen molar-refractivity contribution in [1.29, 1.82) is 0 Å². The topological polar surface area (TPSA) is 33.1 Å². The summed E-state index contributed by atoms with van der Waals surface area (Å²) in [5.41, 5.74) is 0.622. The molecular weight excluding hydrogens is 230 g/mol. The monoisotopic (exact) mass is 253 g/mol. The predicted molar refractivity (Wildman–Crippen MR) is 72.5 cm³/mol. The van der Waals surface area contributed by atoms with Crippen LogP contribution in [0.4, 0.5) is 0 Å². The molecule has 0 spiro atoms. The van der Waals surface area contributed by atoms with Crippen molar-refractivity contribution in [2.75, 3.05) is 0 Å². The number of rotatable bonds is 2. The Kier molecular flexibility index (Phi) is 3.88. The summed E-state index contributed by atoms with van der Waals surface area (Å²) in [6, 6.07) is 0. The van der Waals surface area contributed by atoms with Gasteiger partial charge in [-0.3, -0.25) is 0 Å². The highest BCUT2D eigenvalue weighted by Crippen LogP contribution is 2.33. The van der Waals surface area contributed by atoms with Crippen LogP contribution in [0.5, 0.6) is 0 Å². The molecule has 1 N–H and O–H groups in total. The number of aromatic nitrogens is 1. The van der Waals surface area contributed by atoms with Crippen molar-refractivity contribution in [3.8, 4) is 0 Å². The zero-order valence-corrected chi connectivity index (χ0v) is 11.9. The van der Waals surface area contributed by atoms with Crippen LogP contribution in [0.1, 0.15) is 54.6 Å². The molecule has 1 aromatic rings. The lowest BCUT2D eigenvalue weighted by Gasteiger charge is -2.25. The van der Waals surface area contributed by atoms with Crippen molar-refractivity contribution in [2.24, 2.45) is 5.92 Å². The van der Waals surface area contributed by atoms with E-state index in [1.54, 1.807) is 11.3 Å². The molecule has 1 aliphatic rings. The summed E-state index contributed by atoms with van der Waals surface area (Å²) in [6.07, 6.45) is 6.19. The molecule has 96 valence electrons. The van der Waals surface area contributed by atoms with Gasteiger partial charge in [-0.1, -0.05) is 19.8 Å². The number of thiazole rings is 1. The molecule has 1 fully saturated rings. The summed E-state index contributed by atoms with van der Waals surface area (Å²) in [5.74, 6) is 0.767. The molecular formula is C14H23NOS. The molecule has 0 aliphatic heterocycles. The zero-order chi connectivity index (χ0) is 12.5. The first-order valence-electron chi connectivity index (χ1n) is 6.64. The fraction of sp³-hybridized carbons (Fsp3) is 0.786. The maximum Gasteiger partial charge on any atom is 0.0959 e. The average molecular weight is 253 g/mol. The van der Waals surface area contributed by atoms with Gasteiger partial charge in [0.15, 0.2) is 0 Å². The highest BCUT2D eigenvalue weighted by Gasteiger charge is 2.31. The quantitative estimate of drug-likeness (QED) is 0.816. The molecule has 0 saturated heterocycles. The molecule has 2 unspecified atom stereocenters. The zero-order valence-electron chi connectivity index (χ0n) is 11.1. The van der Waals surface area contributed by atoms with Crippen LogP contribution in [0.15, 0.2) is 0 Å². The van der Waals surface area contributed by atoms with Crippen molar-refractivity contribution >= 4 is 11.3 Å². The van der Waals surface area contributed by atoms with E-state index in [-0.39, 0.29) is 0 Å². The van der Waals surface area contributed by atoms with Gasteiger partial charge in [-0.2, -0.15) is 0 Å². The third-order valence-electron chi connectivity index (χ3n) is 3.99. The van der Waals surface area contributed by atoms with Gasteiger partial charge in [0.1, 0.15) is 0 Å². The first-order valence-corrected chi connectivity index (χ1v) is 7.45. The summed E-state index contributed by atoms with van der Waals surface area (Å²) >= 11 is 1.74. The highest BCUT2D eigenvalue weighted by molar-refractivity contribution is 7.11. The molecule has 2 nitrogen and oxygen atoms in total. The third kappa shape index (κ3) is 3.29. The van der Waals surface area contributed by atoms with Crippen LogP contribution in [0, 0.1) is 19.8 Å². The Morgan fingerprint density at radius 3 is 2.76 bits per heavy atom. The Labute approximate surface area is 108 Å². The summed E-state index contributed by atoms with van der Waals surface area (Å²) in [5, 5.41) is 11.8. The number of hydrogen-bond donors (Lipinski definition) is 1. The second-order valence-electron chi connectivity index (χ2n) is 5.69. The SMILES string of the molecule is Cc1nc(CC2(O)CCCC(C)CC2)sc1C. The Morgan fingerprint density at radius 2 is 2.12 bits per heavy atom. The standard InChI is InChI=1S/C14H23NOS/c1-10-5-4-7-14(16,8-6-10)9-13-15-11(2)12(3)17-13/h10,16H,4-9H2,1-3H3. The minimum Gasteiger partial charge on any atom is -0.389 e. The minimum atomic E-state index is -0.499. The number of aliphatic hydroxyl groups is 1. The maximum absolute atomic E-state index is 10.7. The van der Waals surface area contributed by atoms with Crippen LogP contribution >= 0.6 is 11.3 Å². The molecule has 1 aromatic heterocycles. The molecule has 2 atom stereocenters. The van der Waals surface area contributed by atoms with Crippen molar-refractivity contribution in [1.82, 2.24) is 4.98 Å². The van der Waals surface area contributed by atoms with Crippen molar-refractivity contribution < 1.29 is 5.11 Å². The Balaban J connectivity index is 2.05. The van der Waals surface area contributed by atoms with E-state index < -0.39 is 5.60 Å². The van der Waals surface area contributed by atoms with Crippen LogP contribution in [0.2, 0.25) is 0 Å². The molecule has 1 heterocycles. The van der Waals surface area contributed by atoms with Crippen LogP contribution in [-0.4, -0.2) is 15.7 Å². The van der Waals surface area contributed by atoms with Crippen molar-refractivity contribution in [3.05, 3.63) is 15.6 Å². The Morgan fingerprint density at radius 1 is 1.35 bits per heavy atom. The van der Waals surface area contributed by atoms with Gasteiger partial charge >= 0.3 is 0 Å². The van der Waals surface area contributed by atoms with Gasteiger partial charge in [0, 0.05) is 11.3 Å². The van der Waals surface area contributed by atoms with Crippen LogP contribution in [-0.2, 0) is 6.42 Å². The molecule has 0 radical (unpaired) electrons. The molecule has 0 aromatic carbocycles. The summed E-state index contributed by atoms with van der Waals surface area (Å²) < 4.78 is 0. The molecule has 1 saturated carbocycles. The van der Waals surface area contributed by atoms with Crippen LogP contribution in [0.3, 0.4) is 0 Å². The molecule has 2 rings (SSSR count). The third-order valence-corrected chi connectivity index (χ3v) is 5.07. The van der Waals surface area contributed by atoms with Gasteiger partial charge in [-0.05, 0) is 39.0 Å². The Hall–Kier alpha value is -0.410. The molecule has 17 heavy (non-hydrogen) atoms. The second kappa shape index (κ2) is 5.07. The van der Waals surface area contributed by atoms with E-state index in [0.717, 1.165) is 48.7 Å². The van der Waals surface area contributed by atoms with Gasteiger partial charge in [-0.25, -0.2) is 4.98 Å². The fourth-order valence-corrected chi connectivity index (χ4v) is 3.71. The largest absolute Gasteiger partial charge is 0.389 e. The first-order chi connectivity index (χ1) is 7.98. The van der Waals surface area contributed by atoms with Crippen molar-refractivity contribution in [2.45, 2.75) is 64.9 Å². The van der Waals surface area contributed by atoms with E-state index >= 15 is 0 Å². The van der Waals surface area contributed by atoms with E-state index in [9.17, 15) is 5.11 Å². The number of nitrogens with zero attached hydrogens (tertiary/aromatic N) is 1. The van der Waals surface area contributed by atoms with Gasteiger partial charge in [0.05, 0.1) is 16.3 Å². The lowest BCUT2D eigenvalue weighted by molar-refractivity contribution is 0.0243. The van der Waals surface area contributed by atoms with E-state index in [2.05, 4.69) is 25.8 Å². The maximum atomic E-state index is 10.7. The minimum absolute atomic E-state index is 0.499. The number of hydrogen-bond acceptors (Lipinski definition) is 3. The molecule has 1 aliphatic carbocycles. The van der Waals surface area contributed by atoms with Gasteiger partial charge in [-0.15, -0.1) is 11.3 Å². The number of aryl methyl sites for hydroxylation is 2. The van der Waals surface area contributed by atoms with E-state index in [1.807, 2.05) is 0 Å². The molecule has 0 bridgehead atoms. The van der Waals surface area contributed by atoms with E-state index in [4.69, 9.17) is 0 Å². The fourth-order valence-electron chi connectivity index (χ4n) is 2.64. The van der Waals surface area contributed by atoms with Gasteiger partial charge in [0.25, 0.3) is 0 Å². The second-order valence-corrected chi connectivity index (χ2v) is 6.97. The first kappa shape index (κ1) is 13.0. The lowest BCUT2D eigenvalue weighted by atomic mass is 9.91. The van der Waals surface area contributed by atoms with Crippen molar-refractivity contribution in [3.63, 3.8) is 0 Å².